The summed E-state index contributed by atoms with van der Waals surface area (Å²) < 4.78 is 28.5. The Labute approximate surface area is 169 Å². The molecule has 0 aliphatic carbocycles. The quantitative estimate of drug-likeness (QED) is 0.787. The summed E-state index contributed by atoms with van der Waals surface area (Å²) >= 11 is 0. The number of nitrogens with zero attached hydrogens (tertiary/aromatic N) is 2. The maximum atomic E-state index is 12.9. The van der Waals surface area contributed by atoms with Crippen molar-refractivity contribution in [2.45, 2.75) is 69.7 Å². The molecule has 1 N–H and O–H groups in total. The van der Waals surface area contributed by atoms with E-state index >= 15 is 0 Å². The normalized spacial score (nSPS) is 19.2. The van der Waals surface area contributed by atoms with Crippen LogP contribution >= 0.6 is 0 Å². The van der Waals surface area contributed by atoms with Gasteiger partial charge in [0.2, 0.25) is 15.9 Å². The lowest BCUT2D eigenvalue weighted by atomic mass is 9.87. The summed E-state index contributed by atoms with van der Waals surface area (Å²) in [5.74, 6) is 0.157. The van der Waals surface area contributed by atoms with Crippen LogP contribution in [0, 0.1) is 0 Å². The van der Waals surface area contributed by atoms with E-state index in [9.17, 15) is 13.2 Å². The van der Waals surface area contributed by atoms with E-state index in [0.717, 1.165) is 37.2 Å². The van der Waals surface area contributed by atoms with Gasteiger partial charge in [-0.3, -0.25) is 4.79 Å². The van der Waals surface area contributed by atoms with Gasteiger partial charge < -0.3 is 9.80 Å². The predicted octanol–water partition coefficient (Wildman–Crippen LogP) is 2.87. The van der Waals surface area contributed by atoms with Crippen LogP contribution in [0.5, 0.6) is 0 Å². The van der Waals surface area contributed by atoms with Crippen molar-refractivity contribution in [3.8, 4) is 0 Å². The molecule has 6 nitrogen and oxygen atoms in total. The van der Waals surface area contributed by atoms with Gasteiger partial charge in [-0.2, -0.15) is 0 Å². The molecule has 156 valence electrons. The first-order valence-corrected chi connectivity index (χ1v) is 11.6. The van der Waals surface area contributed by atoms with Crippen LogP contribution < -0.4 is 9.62 Å². The Morgan fingerprint density at radius 3 is 2.46 bits per heavy atom. The van der Waals surface area contributed by atoms with Gasteiger partial charge in [-0.25, -0.2) is 13.1 Å². The van der Waals surface area contributed by atoms with Gasteiger partial charge in [0.05, 0.1) is 11.4 Å². The molecule has 0 saturated carbocycles. The fourth-order valence-electron chi connectivity index (χ4n) is 4.01. The van der Waals surface area contributed by atoms with Crippen molar-refractivity contribution in [3.05, 3.63) is 23.8 Å². The standard InChI is InChI=1S/C21H33N3O3S/c1-6-21(4,5)22-28(26,27)16-9-10-18-17(13-16)20(2,3)15-24(18)14-19(25)23-11-7-8-12-23/h9-10,13,22H,6-8,11-12,14-15H2,1-5H3. The predicted molar refractivity (Wildman–Crippen MR) is 112 cm³/mol. The zero-order chi connectivity index (χ0) is 20.7. The molecule has 28 heavy (non-hydrogen) atoms. The molecule has 0 aromatic heterocycles. The van der Waals surface area contributed by atoms with Gasteiger partial charge in [0, 0.05) is 36.3 Å². The van der Waals surface area contributed by atoms with Gasteiger partial charge in [0.25, 0.3) is 0 Å². The second kappa shape index (κ2) is 7.34. The minimum absolute atomic E-state index is 0.157. The fourth-order valence-corrected chi connectivity index (χ4v) is 5.52. The number of benzene rings is 1. The van der Waals surface area contributed by atoms with Crippen molar-refractivity contribution >= 4 is 21.6 Å². The Hall–Kier alpha value is -1.60. The van der Waals surface area contributed by atoms with Crippen LogP contribution in [0.3, 0.4) is 0 Å². The van der Waals surface area contributed by atoms with E-state index in [4.69, 9.17) is 0 Å². The second-order valence-electron chi connectivity index (χ2n) is 9.35. The average molecular weight is 408 g/mol. The van der Waals surface area contributed by atoms with E-state index < -0.39 is 15.6 Å². The zero-order valence-corrected chi connectivity index (χ0v) is 18.5. The molecule has 3 rings (SSSR count). The molecule has 2 aliphatic rings. The highest BCUT2D eigenvalue weighted by Gasteiger charge is 2.38. The molecule has 1 saturated heterocycles. The Balaban J connectivity index is 1.87. The van der Waals surface area contributed by atoms with Gasteiger partial charge in [-0.15, -0.1) is 0 Å². The second-order valence-corrected chi connectivity index (χ2v) is 11.0. The van der Waals surface area contributed by atoms with Gasteiger partial charge in [-0.05, 0) is 56.9 Å². The number of sulfonamides is 1. The molecule has 0 atom stereocenters. The van der Waals surface area contributed by atoms with Crippen molar-refractivity contribution in [1.82, 2.24) is 9.62 Å². The Kier molecular flexibility index (Phi) is 5.53. The van der Waals surface area contributed by atoms with Crippen LogP contribution in [-0.4, -0.2) is 50.9 Å². The third kappa shape index (κ3) is 4.20. The molecule has 2 heterocycles. The van der Waals surface area contributed by atoms with Crippen LogP contribution in [0.4, 0.5) is 5.69 Å². The first kappa shape index (κ1) is 21.1. The molecule has 0 spiro atoms. The minimum atomic E-state index is -3.60. The van der Waals surface area contributed by atoms with E-state index in [2.05, 4.69) is 23.5 Å². The zero-order valence-electron chi connectivity index (χ0n) is 17.7. The van der Waals surface area contributed by atoms with Gasteiger partial charge >= 0.3 is 0 Å². The number of anilines is 1. The number of carbonyl (C=O) groups is 1. The molecule has 1 amide bonds. The van der Waals surface area contributed by atoms with Gasteiger partial charge in [0.15, 0.2) is 0 Å². The molecule has 2 aliphatic heterocycles. The van der Waals surface area contributed by atoms with Gasteiger partial charge in [0.1, 0.15) is 0 Å². The van der Waals surface area contributed by atoms with E-state index in [1.165, 1.54) is 0 Å². The number of hydrogen-bond donors (Lipinski definition) is 1. The molecule has 1 aromatic rings. The van der Waals surface area contributed by atoms with Crippen molar-refractivity contribution in [2.75, 3.05) is 31.1 Å². The first-order valence-electron chi connectivity index (χ1n) is 10.2. The van der Waals surface area contributed by atoms with Crippen molar-refractivity contribution in [3.63, 3.8) is 0 Å². The fraction of sp³-hybridized carbons (Fsp3) is 0.667. The Morgan fingerprint density at radius 2 is 1.86 bits per heavy atom. The number of rotatable bonds is 6. The third-order valence-electron chi connectivity index (χ3n) is 6.01. The Bertz CT molecular complexity index is 856. The molecule has 0 radical (unpaired) electrons. The summed E-state index contributed by atoms with van der Waals surface area (Å²) in [7, 11) is -3.60. The van der Waals surface area contributed by atoms with Crippen LogP contribution in [-0.2, 0) is 20.2 Å². The van der Waals surface area contributed by atoms with Gasteiger partial charge in [-0.1, -0.05) is 20.8 Å². The molecule has 1 fully saturated rings. The number of carbonyl (C=O) groups excluding carboxylic acids is 1. The number of likely N-dealkylation sites (tertiary alicyclic amines) is 1. The molecular formula is C21H33N3O3S. The lowest BCUT2D eigenvalue weighted by molar-refractivity contribution is -0.128. The topological polar surface area (TPSA) is 69.7 Å². The largest absolute Gasteiger partial charge is 0.361 e. The van der Waals surface area contributed by atoms with Crippen molar-refractivity contribution in [2.24, 2.45) is 0 Å². The lowest BCUT2D eigenvalue weighted by Gasteiger charge is -2.25. The maximum absolute atomic E-state index is 12.9. The summed E-state index contributed by atoms with van der Waals surface area (Å²) in [6, 6.07) is 5.29. The van der Waals surface area contributed by atoms with E-state index in [1.54, 1.807) is 12.1 Å². The Morgan fingerprint density at radius 1 is 1.21 bits per heavy atom. The van der Waals surface area contributed by atoms with Crippen LogP contribution in [0.2, 0.25) is 0 Å². The molecule has 7 heteroatoms. The minimum Gasteiger partial charge on any atom is -0.361 e. The number of hydrogen-bond acceptors (Lipinski definition) is 4. The number of nitrogens with one attached hydrogen (secondary N) is 1. The van der Waals surface area contributed by atoms with E-state index in [1.807, 2.05) is 31.7 Å². The van der Waals surface area contributed by atoms with Crippen LogP contribution in [0.1, 0.15) is 59.4 Å². The summed E-state index contributed by atoms with van der Waals surface area (Å²) in [6.45, 7) is 12.7. The SMILES string of the molecule is CCC(C)(C)NS(=O)(=O)c1ccc2c(c1)C(C)(C)CN2CC(=O)N1CCCC1. The summed E-state index contributed by atoms with van der Waals surface area (Å²) in [4.78, 5) is 16.9. The molecule has 0 bridgehead atoms. The summed E-state index contributed by atoms with van der Waals surface area (Å²) in [5.41, 5.74) is 1.23. The number of fused-ring (bicyclic) bond motifs is 1. The van der Waals surface area contributed by atoms with Crippen molar-refractivity contribution < 1.29 is 13.2 Å². The highest BCUT2D eigenvalue weighted by atomic mass is 32.2. The summed E-state index contributed by atoms with van der Waals surface area (Å²) in [5, 5.41) is 0. The van der Waals surface area contributed by atoms with Crippen molar-refractivity contribution in [1.29, 1.82) is 0 Å². The average Bonchev–Trinajstić information content (AvgIpc) is 3.21. The maximum Gasteiger partial charge on any atom is 0.242 e. The highest BCUT2D eigenvalue weighted by Crippen LogP contribution is 2.41. The smallest absolute Gasteiger partial charge is 0.242 e. The van der Waals surface area contributed by atoms with Crippen LogP contribution in [0.15, 0.2) is 23.1 Å². The summed E-state index contributed by atoms with van der Waals surface area (Å²) in [6.07, 6.45) is 2.86. The first-order chi connectivity index (χ1) is 13.0. The highest BCUT2D eigenvalue weighted by molar-refractivity contribution is 7.89. The molecule has 1 aromatic carbocycles. The monoisotopic (exact) mass is 407 g/mol. The van der Waals surface area contributed by atoms with E-state index in [0.29, 0.717) is 19.5 Å². The van der Waals surface area contributed by atoms with E-state index in [-0.39, 0.29) is 16.2 Å². The number of amides is 1. The third-order valence-corrected chi connectivity index (χ3v) is 7.71. The molecular weight excluding hydrogens is 374 g/mol. The lowest BCUT2D eigenvalue weighted by Crippen LogP contribution is -2.42. The molecule has 0 unspecified atom stereocenters. The van der Waals surface area contributed by atoms with Crippen LogP contribution in [0.25, 0.3) is 0 Å².